The molecule has 0 aliphatic rings. The van der Waals surface area contributed by atoms with Crippen molar-refractivity contribution in [2.24, 2.45) is 0 Å². The highest BCUT2D eigenvalue weighted by molar-refractivity contribution is 6.13. The van der Waals surface area contributed by atoms with E-state index >= 15 is 0 Å². The molecule has 0 unspecified atom stereocenters. The lowest BCUT2D eigenvalue weighted by Crippen LogP contribution is -2.31. The Balaban J connectivity index is 1.85. The summed E-state index contributed by atoms with van der Waals surface area (Å²) >= 11 is 0. The Morgan fingerprint density at radius 2 is 1.82 bits per heavy atom. The van der Waals surface area contributed by atoms with Crippen LogP contribution < -0.4 is 5.32 Å². The number of carbonyl (C=O) groups excluding carboxylic acids is 1. The van der Waals surface area contributed by atoms with E-state index in [1.165, 1.54) is 5.56 Å². The maximum Gasteiger partial charge on any atom is 0.269 e. The minimum atomic E-state index is -0.151. The van der Waals surface area contributed by atoms with Gasteiger partial charge in [0, 0.05) is 34.9 Å². The summed E-state index contributed by atoms with van der Waals surface area (Å²) in [6, 6.07) is 18.3. The number of aromatic amines is 1. The predicted molar refractivity (Wildman–Crippen MR) is 115 cm³/mol. The third-order valence-corrected chi connectivity index (χ3v) is 4.90. The molecule has 2 heterocycles. The zero-order valence-corrected chi connectivity index (χ0v) is 16.4. The smallest absolute Gasteiger partial charge is 0.269 e. The number of nitrogens with zero attached hydrogens (tertiary/aromatic N) is 2. The standard InChI is InChI=1S/C23H24N4O/c1-15-8-10-16(11-9-15)21-22-18(17-6-4-5-7-19(17)25-22)14-20(26-21)23(28)24-12-13-27(2)3/h4-11,14,25H,12-13H2,1-3H3,(H,24,28). The molecule has 2 aromatic carbocycles. The van der Waals surface area contributed by atoms with E-state index in [0.717, 1.165) is 39.6 Å². The monoisotopic (exact) mass is 372 g/mol. The molecule has 5 heteroatoms. The lowest BCUT2D eigenvalue weighted by molar-refractivity contribution is 0.0946. The van der Waals surface area contributed by atoms with Gasteiger partial charge in [0.2, 0.25) is 0 Å². The first-order chi connectivity index (χ1) is 13.5. The minimum Gasteiger partial charge on any atom is -0.353 e. The summed E-state index contributed by atoms with van der Waals surface area (Å²) in [5.41, 5.74) is 5.41. The van der Waals surface area contributed by atoms with Gasteiger partial charge in [-0.25, -0.2) is 4.98 Å². The molecule has 0 fully saturated rings. The molecule has 0 spiro atoms. The number of amides is 1. The summed E-state index contributed by atoms with van der Waals surface area (Å²) in [7, 11) is 3.97. The number of H-pyrrole nitrogens is 1. The number of benzene rings is 2. The van der Waals surface area contributed by atoms with Crippen LogP contribution in [0.3, 0.4) is 0 Å². The zero-order chi connectivity index (χ0) is 19.7. The lowest BCUT2D eigenvalue weighted by atomic mass is 10.1. The molecule has 0 aliphatic carbocycles. The molecular weight excluding hydrogens is 348 g/mol. The van der Waals surface area contributed by atoms with E-state index in [0.29, 0.717) is 12.2 Å². The zero-order valence-electron chi connectivity index (χ0n) is 16.4. The molecule has 142 valence electrons. The number of nitrogens with one attached hydrogen (secondary N) is 2. The molecule has 1 amide bonds. The Labute approximate surface area is 164 Å². The van der Waals surface area contributed by atoms with Crippen LogP contribution in [0.25, 0.3) is 33.1 Å². The number of aryl methyl sites for hydroxylation is 1. The van der Waals surface area contributed by atoms with E-state index < -0.39 is 0 Å². The quantitative estimate of drug-likeness (QED) is 0.557. The largest absolute Gasteiger partial charge is 0.353 e. The molecule has 0 aliphatic heterocycles. The van der Waals surface area contributed by atoms with Gasteiger partial charge in [-0.3, -0.25) is 4.79 Å². The number of hydrogen-bond donors (Lipinski definition) is 2. The first kappa shape index (κ1) is 18.2. The van der Waals surface area contributed by atoms with E-state index in [1.54, 1.807) is 0 Å². The van der Waals surface area contributed by atoms with Gasteiger partial charge in [0.05, 0.1) is 11.2 Å². The Bertz CT molecular complexity index is 1140. The van der Waals surface area contributed by atoms with Crippen molar-refractivity contribution in [3.05, 3.63) is 65.9 Å². The van der Waals surface area contributed by atoms with E-state index in [1.807, 2.05) is 43.3 Å². The fourth-order valence-corrected chi connectivity index (χ4v) is 3.37. The highest BCUT2D eigenvalue weighted by Gasteiger charge is 2.16. The van der Waals surface area contributed by atoms with Crippen molar-refractivity contribution in [2.75, 3.05) is 27.2 Å². The van der Waals surface area contributed by atoms with Crippen LogP contribution in [0.15, 0.2) is 54.6 Å². The summed E-state index contributed by atoms with van der Waals surface area (Å²) in [4.78, 5) is 23.0. The molecule has 28 heavy (non-hydrogen) atoms. The summed E-state index contributed by atoms with van der Waals surface area (Å²) in [5, 5.41) is 5.08. The average molecular weight is 372 g/mol. The van der Waals surface area contributed by atoms with Crippen molar-refractivity contribution in [1.82, 2.24) is 20.2 Å². The van der Waals surface area contributed by atoms with Gasteiger partial charge in [0.25, 0.3) is 5.91 Å². The molecule has 4 rings (SSSR count). The minimum absolute atomic E-state index is 0.151. The van der Waals surface area contributed by atoms with Crippen molar-refractivity contribution < 1.29 is 4.79 Å². The van der Waals surface area contributed by atoms with E-state index in [-0.39, 0.29) is 5.91 Å². The first-order valence-electron chi connectivity index (χ1n) is 9.44. The number of rotatable bonds is 5. The number of para-hydroxylation sites is 1. The van der Waals surface area contributed by atoms with Gasteiger partial charge in [0.15, 0.2) is 0 Å². The highest BCUT2D eigenvalue weighted by Crippen LogP contribution is 2.32. The molecular formula is C23H24N4O. The molecule has 0 atom stereocenters. The Morgan fingerprint density at radius 3 is 2.57 bits per heavy atom. The van der Waals surface area contributed by atoms with Crippen LogP contribution in [0.4, 0.5) is 0 Å². The summed E-state index contributed by atoms with van der Waals surface area (Å²) in [5.74, 6) is -0.151. The van der Waals surface area contributed by atoms with Crippen LogP contribution in [0.5, 0.6) is 0 Å². The number of fused-ring (bicyclic) bond motifs is 3. The fourth-order valence-electron chi connectivity index (χ4n) is 3.37. The topological polar surface area (TPSA) is 61.0 Å². The first-order valence-corrected chi connectivity index (χ1v) is 9.44. The SMILES string of the molecule is Cc1ccc(-c2nc(C(=O)NCCN(C)C)cc3c2[nH]c2ccccc23)cc1. The van der Waals surface area contributed by atoms with Gasteiger partial charge in [-0.15, -0.1) is 0 Å². The van der Waals surface area contributed by atoms with Crippen LogP contribution in [0.2, 0.25) is 0 Å². The predicted octanol–water partition coefficient (Wildman–Crippen LogP) is 3.98. The van der Waals surface area contributed by atoms with Crippen molar-refractivity contribution in [3.8, 4) is 11.3 Å². The van der Waals surface area contributed by atoms with E-state index in [2.05, 4.69) is 47.6 Å². The Hall–Kier alpha value is -3.18. The molecule has 2 aromatic heterocycles. The van der Waals surface area contributed by atoms with Gasteiger partial charge < -0.3 is 15.2 Å². The van der Waals surface area contributed by atoms with Crippen molar-refractivity contribution >= 4 is 27.7 Å². The molecule has 0 saturated carbocycles. The Morgan fingerprint density at radius 1 is 1.07 bits per heavy atom. The molecule has 0 radical (unpaired) electrons. The number of hydrogen-bond acceptors (Lipinski definition) is 3. The van der Waals surface area contributed by atoms with Crippen LogP contribution in [0, 0.1) is 6.92 Å². The highest BCUT2D eigenvalue weighted by atomic mass is 16.1. The normalized spacial score (nSPS) is 11.4. The molecule has 4 aromatic rings. The van der Waals surface area contributed by atoms with Crippen LogP contribution in [-0.4, -0.2) is 48.0 Å². The fraction of sp³-hybridized carbons (Fsp3) is 0.217. The average Bonchev–Trinajstić information content (AvgIpc) is 3.06. The van der Waals surface area contributed by atoms with E-state index in [9.17, 15) is 4.79 Å². The number of aromatic nitrogens is 2. The molecule has 2 N–H and O–H groups in total. The second kappa shape index (κ2) is 7.44. The number of likely N-dealkylation sites (N-methyl/N-ethyl adjacent to an activating group) is 1. The second-order valence-electron chi connectivity index (χ2n) is 7.37. The van der Waals surface area contributed by atoms with Crippen LogP contribution in [0.1, 0.15) is 16.1 Å². The number of carbonyl (C=O) groups is 1. The van der Waals surface area contributed by atoms with Gasteiger partial charge in [0.1, 0.15) is 5.69 Å². The van der Waals surface area contributed by atoms with Crippen LogP contribution >= 0.6 is 0 Å². The third-order valence-electron chi connectivity index (χ3n) is 4.90. The maximum atomic E-state index is 12.8. The van der Waals surface area contributed by atoms with Gasteiger partial charge in [-0.05, 0) is 33.2 Å². The van der Waals surface area contributed by atoms with Crippen molar-refractivity contribution in [3.63, 3.8) is 0 Å². The van der Waals surface area contributed by atoms with Crippen LogP contribution in [-0.2, 0) is 0 Å². The summed E-state index contributed by atoms with van der Waals surface area (Å²) in [6.45, 7) is 3.43. The van der Waals surface area contributed by atoms with E-state index in [4.69, 9.17) is 4.98 Å². The summed E-state index contributed by atoms with van der Waals surface area (Å²) < 4.78 is 0. The maximum absolute atomic E-state index is 12.8. The third kappa shape index (κ3) is 3.49. The second-order valence-corrected chi connectivity index (χ2v) is 7.37. The van der Waals surface area contributed by atoms with Gasteiger partial charge in [-0.2, -0.15) is 0 Å². The molecule has 0 bridgehead atoms. The number of pyridine rings is 1. The molecule has 5 nitrogen and oxygen atoms in total. The van der Waals surface area contributed by atoms with Crippen molar-refractivity contribution in [2.45, 2.75) is 6.92 Å². The molecule has 0 saturated heterocycles. The van der Waals surface area contributed by atoms with Crippen molar-refractivity contribution in [1.29, 1.82) is 0 Å². The van der Waals surface area contributed by atoms with Gasteiger partial charge >= 0.3 is 0 Å². The van der Waals surface area contributed by atoms with Gasteiger partial charge in [-0.1, -0.05) is 48.0 Å². The summed E-state index contributed by atoms with van der Waals surface area (Å²) in [6.07, 6.45) is 0. The lowest BCUT2D eigenvalue weighted by Gasteiger charge is -2.11. The Kier molecular flexibility index (Phi) is 4.84.